The van der Waals surface area contributed by atoms with Crippen molar-refractivity contribution in [1.29, 1.82) is 0 Å². The molecule has 0 bridgehead atoms. The molecule has 0 aliphatic rings. The number of carbonyl (C=O) groups excluding carboxylic acids is 1. The summed E-state index contributed by atoms with van der Waals surface area (Å²) in [7, 11) is 0. The number of hydrogen-bond donors (Lipinski definition) is 2. The molecule has 0 aliphatic heterocycles. The summed E-state index contributed by atoms with van der Waals surface area (Å²) in [6, 6.07) is 1.45. The van der Waals surface area contributed by atoms with Gasteiger partial charge in [-0.3, -0.25) is 4.79 Å². The minimum atomic E-state index is -1.15. The minimum Gasteiger partial charge on any atom is -0.476 e. The minimum absolute atomic E-state index is 0.0198. The average Bonchev–Trinajstić information content (AvgIpc) is 2.97. The van der Waals surface area contributed by atoms with Crippen LogP contribution in [0, 0.1) is 0 Å². The van der Waals surface area contributed by atoms with Gasteiger partial charge in [-0.05, 0) is 17.7 Å². The van der Waals surface area contributed by atoms with Crippen molar-refractivity contribution in [2.24, 2.45) is 0 Å². The predicted octanol–water partition coefficient (Wildman–Crippen LogP) is 0.653. The monoisotopic (exact) mass is 284 g/mol. The fourth-order valence-corrected chi connectivity index (χ4v) is 1.54. The van der Waals surface area contributed by atoms with Gasteiger partial charge in [-0.15, -0.1) is 5.10 Å². The molecule has 0 aliphatic carbocycles. The van der Waals surface area contributed by atoms with E-state index in [0.717, 1.165) is 0 Å². The van der Waals surface area contributed by atoms with E-state index in [-0.39, 0.29) is 28.9 Å². The van der Waals surface area contributed by atoms with Crippen molar-refractivity contribution in [3.05, 3.63) is 35.0 Å². The van der Waals surface area contributed by atoms with Crippen molar-refractivity contribution in [2.45, 2.75) is 6.54 Å². The second kappa shape index (κ2) is 5.53. The Labute approximate surface area is 112 Å². The highest BCUT2D eigenvalue weighted by Gasteiger charge is 2.12. The summed E-state index contributed by atoms with van der Waals surface area (Å²) in [4.78, 5) is 22.2. The van der Waals surface area contributed by atoms with Gasteiger partial charge in [0, 0.05) is 6.54 Å². The summed E-state index contributed by atoms with van der Waals surface area (Å²) >= 11 is 5.65. The molecule has 2 aromatic heterocycles. The topological polar surface area (TPSA) is 110 Å². The highest BCUT2D eigenvalue weighted by Crippen LogP contribution is 2.15. The highest BCUT2D eigenvalue weighted by molar-refractivity contribution is 6.32. The molecule has 0 radical (unpaired) electrons. The van der Waals surface area contributed by atoms with Gasteiger partial charge in [0.25, 0.3) is 5.91 Å². The van der Waals surface area contributed by atoms with E-state index in [1.165, 1.54) is 23.2 Å². The summed E-state index contributed by atoms with van der Waals surface area (Å²) in [5, 5.41) is 18.3. The van der Waals surface area contributed by atoms with Crippen LogP contribution in [-0.4, -0.2) is 38.5 Å². The molecule has 8 nitrogen and oxygen atoms in total. The fourth-order valence-electron chi connectivity index (χ4n) is 1.34. The van der Waals surface area contributed by atoms with E-state index in [4.69, 9.17) is 21.1 Å². The number of amides is 1. The van der Waals surface area contributed by atoms with E-state index < -0.39 is 5.97 Å². The Morgan fingerprint density at radius 3 is 2.89 bits per heavy atom. The van der Waals surface area contributed by atoms with Gasteiger partial charge in [0.1, 0.15) is 0 Å². The standard InChI is InChI=1S/C10H9ClN4O4/c11-8-6(1-4-19-8)9(16)12-2-3-15-5-7(10(17)18)13-14-15/h1,4-5H,2-3H2,(H,12,16)(H,17,18). The van der Waals surface area contributed by atoms with E-state index in [2.05, 4.69) is 15.6 Å². The summed E-state index contributed by atoms with van der Waals surface area (Å²) in [6.07, 6.45) is 2.59. The van der Waals surface area contributed by atoms with Crippen LogP contribution in [-0.2, 0) is 6.54 Å². The number of carboxylic acid groups (broad SMARTS) is 1. The lowest BCUT2D eigenvalue weighted by atomic mass is 10.3. The summed E-state index contributed by atoms with van der Waals surface area (Å²) in [5.74, 6) is -1.53. The lowest BCUT2D eigenvalue weighted by molar-refractivity contribution is 0.0690. The Morgan fingerprint density at radius 2 is 2.32 bits per heavy atom. The van der Waals surface area contributed by atoms with Gasteiger partial charge in [0.15, 0.2) is 5.69 Å². The van der Waals surface area contributed by atoms with Gasteiger partial charge in [0.2, 0.25) is 5.22 Å². The molecule has 9 heteroatoms. The van der Waals surface area contributed by atoms with Crippen LogP contribution in [0.4, 0.5) is 0 Å². The first-order valence-corrected chi connectivity index (χ1v) is 5.60. The number of carbonyl (C=O) groups is 2. The van der Waals surface area contributed by atoms with Gasteiger partial charge < -0.3 is 14.8 Å². The second-order valence-electron chi connectivity index (χ2n) is 3.54. The van der Waals surface area contributed by atoms with Gasteiger partial charge in [-0.2, -0.15) is 0 Å². The summed E-state index contributed by atoms with van der Waals surface area (Å²) in [6.45, 7) is 0.546. The largest absolute Gasteiger partial charge is 0.476 e. The SMILES string of the molecule is O=C(O)c1cn(CCNC(=O)c2ccoc2Cl)nn1. The Bertz CT molecular complexity index is 606. The van der Waals surface area contributed by atoms with Crippen LogP contribution < -0.4 is 5.32 Å². The zero-order valence-corrected chi connectivity index (χ0v) is 10.3. The fraction of sp³-hybridized carbons (Fsp3) is 0.200. The number of aromatic nitrogens is 3. The van der Waals surface area contributed by atoms with Crippen molar-refractivity contribution in [2.75, 3.05) is 6.54 Å². The van der Waals surface area contributed by atoms with Crippen molar-refractivity contribution in [3.63, 3.8) is 0 Å². The summed E-state index contributed by atoms with van der Waals surface area (Å²) < 4.78 is 6.11. The van der Waals surface area contributed by atoms with Gasteiger partial charge in [-0.1, -0.05) is 5.21 Å². The Hall–Kier alpha value is -2.35. The molecule has 2 rings (SSSR count). The van der Waals surface area contributed by atoms with Crippen LogP contribution in [0.3, 0.4) is 0 Å². The molecule has 0 fully saturated rings. The average molecular weight is 285 g/mol. The molecule has 0 saturated heterocycles. The number of hydrogen-bond acceptors (Lipinski definition) is 5. The van der Waals surface area contributed by atoms with E-state index in [1.54, 1.807) is 0 Å². The maximum Gasteiger partial charge on any atom is 0.358 e. The van der Waals surface area contributed by atoms with Crippen LogP contribution >= 0.6 is 11.6 Å². The first-order valence-electron chi connectivity index (χ1n) is 5.22. The van der Waals surface area contributed by atoms with Gasteiger partial charge in [0.05, 0.1) is 24.6 Å². The van der Waals surface area contributed by atoms with Crippen molar-refractivity contribution in [1.82, 2.24) is 20.3 Å². The van der Waals surface area contributed by atoms with Crippen LogP contribution in [0.15, 0.2) is 22.9 Å². The van der Waals surface area contributed by atoms with Crippen molar-refractivity contribution >= 4 is 23.5 Å². The van der Waals surface area contributed by atoms with Crippen LogP contribution in [0.2, 0.25) is 5.22 Å². The zero-order valence-electron chi connectivity index (χ0n) is 9.54. The normalized spacial score (nSPS) is 10.4. The lowest BCUT2D eigenvalue weighted by Gasteiger charge is -2.03. The number of furan rings is 1. The Kier molecular flexibility index (Phi) is 3.81. The molecular formula is C10H9ClN4O4. The smallest absolute Gasteiger partial charge is 0.358 e. The number of carboxylic acids is 1. The number of aromatic carboxylic acids is 1. The molecule has 0 spiro atoms. The Morgan fingerprint density at radius 1 is 1.53 bits per heavy atom. The molecule has 0 aromatic carbocycles. The molecule has 100 valence electrons. The molecule has 2 N–H and O–H groups in total. The molecule has 2 heterocycles. The maximum absolute atomic E-state index is 11.6. The van der Waals surface area contributed by atoms with Crippen molar-refractivity contribution < 1.29 is 19.1 Å². The van der Waals surface area contributed by atoms with E-state index in [0.29, 0.717) is 6.54 Å². The third-order valence-corrected chi connectivity index (χ3v) is 2.54. The third-order valence-electron chi connectivity index (χ3n) is 2.25. The van der Waals surface area contributed by atoms with Gasteiger partial charge >= 0.3 is 5.97 Å². The first-order chi connectivity index (χ1) is 9.08. The quantitative estimate of drug-likeness (QED) is 0.834. The molecule has 1 amide bonds. The molecule has 19 heavy (non-hydrogen) atoms. The van der Waals surface area contributed by atoms with Crippen molar-refractivity contribution in [3.8, 4) is 0 Å². The maximum atomic E-state index is 11.6. The van der Waals surface area contributed by atoms with E-state index >= 15 is 0 Å². The molecule has 2 aromatic rings. The first kappa shape index (κ1) is 13.1. The van der Waals surface area contributed by atoms with Crippen LogP contribution in [0.5, 0.6) is 0 Å². The predicted molar refractivity (Wildman–Crippen MR) is 63.0 cm³/mol. The number of nitrogens with zero attached hydrogens (tertiary/aromatic N) is 3. The Balaban J connectivity index is 1.85. The van der Waals surface area contributed by atoms with E-state index in [9.17, 15) is 9.59 Å². The van der Waals surface area contributed by atoms with E-state index in [1.807, 2.05) is 0 Å². The summed E-state index contributed by atoms with van der Waals surface area (Å²) in [5.41, 5.74) is 0.0932. The zero-order chi connectivity index (χ0) is 13.8. The molecule has 0 saturated carbocycles. The molecular weight excluding hydrogens is 276 g/mol. The number of rotatable bonds is 5. The lowest BCUT2D eigenvalue weighted by Crippen LogP contribution is -2.27. The third kappa shape index (κ3) is 3.10. The second-order valence-corrected chi connectivity index (χ2v) is 3.88. The highest BCUT2D eigenvalue weighted by atomic mass is 35.5. The number of halogens is 1. The van der Waals surface area contributed by atoms with Gasteiger partial charge in [-0.25, -0.2) is 9.48 Å². The number of nitrogens with one attached hydrogen (secondary N) is 1. The van der Waals surface area contributed by atoms with Crippen LogP contribution in [0.25, 0.3) is 0 Å². The molecule has 0 atom stereocenters. The van der Waals surface area contributed by atoms with Crippen LogP contribution in [0.1, 0.15) is 20.8 Å². The molecule has 0 unspecified atom stereocenters.